The molecule has 0 fully saturated rings. The van der Waals surface area contributed by atoms with Gasteiger partial charge in [0.15, 0.2) is 11.5 Å². The van der Waals surface area contributed by atoms with Crippen molar-refractivity contribution in [2.75, 3.05) is 0 Å². The van der Waals surface area contributed by atoms with E-state index in [4.69, 9.17) is 9.47 Å². The largest absolute Gasteiger partial charge is 0.422 e. The average Bonchev–Trinajstić information content (AvgIpc) is 2.75. The zero-order valence-electron chi connectivity index (χ0n) is 21.5. The van der Waals surface area contributed by atoms with Crippen molar-refractivity contribution in [3.05, 3.63) is 35.9 Å². The third-order valence-corrected chi connectivity index (χ3v) is 5.61. The van der Waals surface area contributed by atoms with Crippen molar-refractivity contribution >= 4 is 11.9 Å². The fraction of sp³-hybridized carbons (Fsp3) is 0.655. The van der Waals surface area contributed by atoms with E-state index in [2.05, 4.69) is 34.3 Å². The summed E-state index contributed by atoms with van der Waals surface area (Å²) in [5.41, 5.74) is 1.92. The molecule has 0 aliphatic heterocycles. The number of carbonyl (C=O) groups excluding carboxylic acids is 2. The second kappa shape index (κ2) is 17.4. The predicted octanol–water partition coefficient (Wildman–Crippen LogP) is 8.15. The number of unbranched alkanes of at least 4 members (excludes halogenated alkanes) is 8. The third kappa shape index (κ3) is 12.6. The number of hydrogen-bond acceptors (Lipinski definition) is 4. The van der Waals surface area contributed by atoms with Crippen LogP contribution in [0.1, 0.15) is 116 Å². The van der Waals surface area contributed by atoms with Crippen LogP contribution >= 0.6 is 0 Å². The number of hydrogen-bond donors (Lipinski definition) is 0. The molecule has 0 N–H and O–H groups in total. The number of rotatable bonds is 18. The molecule has 1 aromatic rings. The molecule has 0 bridgehead atoms. The lowest BCUT2D eigenvalue weighted by molar-refractivity contribution is -0.137. The second-order valence-electron chi connectivity index (χ2n) is 9.45. The van der Waals surface area contributed by atoms with E-state index in [1.165, 1.54) is 25.7 Å². The number of ether oxygens (including phenoxy) is 2. The molecular formula is C29H46O4. The molecule has 0 atom stereocenters. The quantitative estimate of drug-likeness (QED) is 0.0964. The minimum absolute atomic E-state index is 0.259. The van der Waals surface area contributed by atoms with Gasteiger partial charge >= 0.3 is 11.9 Å². The molecule has 1 aromatic carbocycles. The lowest BCUT2D eigenvalue weighted by Gasteiger charge is -2.18. The summed E-state index contributed by atoms with van der Waals surface area (Å²) in [6, 6.07) is 3.87. The molecule has 0 unspecified atom stereocenters. The molecule has 4 nitrogen and oxygen atoms in total. The van der Waals surface area contributed by atoms with Gasteiger partial charge in [0.2, 0.25) is 0 Å². The summed E-state index contributed by atoms with van der Waals surface area (Å²) in [5, 5.41) is 0. The van der Waals surface area contributed by atoms with Crippen LogP contribution in [0.3, 0.4) is 0 Å². The number of allylic oxidation sites excluding steroid dienone is 1. The molecule has 0 aromatic heterocycles. The van der Waals surface area contributed by atoms with Crippen LogP contribution < -0.4 is 9.47 Å². The third-order valence-electron chi connectivity index (χ3n) is 5.61. The highest BCUT2D eigenvalue weighted by Crippen LogP contribution is 2.36. The average molecular weight is 459 g/mol. The van der Waals surface area contributed by atoms with Crippen molar-refractivity contribution in [1.29, 1.82) is 0 Å². The van der Waals surface area contributed by atoms with Gasteiger partial charge in [-0.1, -0.05) is 91.2 Å². The normalized spacial score (nSPS) is 10.9. The Morgan fingerprint density at radius 2 is 1.39 bits per heavy atom. The van der Waals surface area contributed by atoms with Gasteiger partial charge in [0.05, 0.1) is 0 Å². The van der Waals surface area contributed by atoms with Crippen molar-refractivity contribution in [1.82, 2.24) is 0 Å². The summed E-state index contributed by atoms with van der Waals surface area (Å²) in [6.07, 6.45) is 14.7. The minimum Gasteiger partial charge on any atom is -0.422 e. The van der Waals surface area contributed by atoms with Crippen LogP contribution in [0.2, 0.25) is 0 Å². The Hall–Kier alpha value is -2.10. The van der Waals surface area contributed by atoms with E-state index >= 15 is 0 Å². The van der Waals surface area contributed by atoms with Crippen LogP contribution in [-0.2, 0) is 22.4 Å². The van der Waals surface area contributed by atoms with E-state index in [0.29, 0.717) is 36.7 Å². The molecule has 0 amide bonds. The van der Waals surface area contributed by atoms with Crippen molar-refractivity contribution in [3.63, 3.8) is 0 Å². The van der Waals surface area contributed by atoms with Gasteiger partial charge in [-0.25, -0.2) is 0 Å². The fourth-order valence-electron chi connectivity index (χ4n) is 3.88. The molecule has 0 saturated heterocycles. The van der Waals surface area contributed by atoms with Gasteiger partial charge in [0.1, 0.15) is 0 Å². The summed E-state index contributed by atoms with van der Waals surface area (Å²) in [5.74, 6) is 0.620. The van der Waals surface area contributed by atoms with Crippen LogP contribution in [0.4, 0.5) is 0 Å². The maximum absolute atomic E-state index is 12.6. The second-order valence-corrected chi connectivity index (χ2v) is 9.45. The van der Waals surface area contributed by atoms with E-state index in [1.54, 1.807) is 0 Å². The molecule has 0 saturated carbocycles. The molecule has 33 heavy (non-hydrogen) atoms. The monoisotopic (exact) mass is 458 g/mol. The van der Waals surface area contributed by atoms with Gasteiger partial charge in [0, 0.05) is 12.8 Å². The van der Waals surface area contributed by atoms with Gasteiger partial charge in [0.25, 0.3) is 0 Å². The zero-order valence-corrected chi connectivity index (χ0v) is 21.5. The highest BCUT2D eigenvalue weighted by molar-refractivity contribution is 5.77. The van der Waals surface area contributed by atoms with Crippen molar-refractivity contribution in [3.8, 4) is 11.5 Å². The summed E-state index contributed by atoms with van der Waals surface area (Å²) >= 11 is 0. The Kier molecular flexibility index (Phi) is 15.2. The van der Waals surface area contributed by atoms with Crippen LogP contribution in [0.5, 0.6) is 11.5 Å². The molecule has 0 radical (unpaired) electrons. The number of esters is 2. The number of benzene rings is 1. The lowest BCUT2D eigenvalue weighted by Crippen LogP contribution is -2.14. The smallest absolute Gasteiger partial charge is 0.311 e. The Labute approximate surface area is 202 Å². The first-order valence-electron chi connectivity index (χ1n) is 13.1. The molecule has 0 heterocycles. The molecule has 0 spiro atoms. The SMILES string of the molecule is C=CCc1cc(CC(C)C)c(OC(=O)CCCCCCC)c(OC(=O)CCCCCCC)c1. The Morgan fingerprint density at radius 3 is 1.91 bits per heavy atom. The van der Waals surface area contributed by atoms with Gasteiger partial charge in [-0.15, -0.1) is 6.58 Å². The van der Waals surface area contributed by atoms with Crippen LogP contribution in [-0.4, -0.2) is 11.9 Å². The summed E-state index contributed by atoms with van der Waals surface area (Å²) < 4.78 is 11.6. The summed E-state index contributed by atoms with van der Waals surface area (Å²) in [6.45, 7) is 12.4. The Balaban J connectivity index is 2.99. The highest BCUT2D eigenvalue weighted by Gasteiger charge is 2.20. The predicted molar refractivity (Wildman–Crippen MR) is 137 cm³/mol. The molecule has 4 heteroatoms. The van der Waals surface area contributed by atoms with Crippen LogP contribution in [0, 0.1) is 5.92 Å². The molecule has 0 aliphatic rings. The van der Waals surface area contributed by atoms with Gasteiger partial charge in [-0.2, -0.15) is 0 Å². The van der Waals surface area contributed by atoms with E-state index in [1.807, 2.05) is 18.2 Å². The van der Waals surface area contributed by atoms with Gasteiger partial charge < -0.3 is 9.47 Å². The van der Waals surface area contributed by atoms with Gasteiger partial charge in [-0.05, 0) is 48.8 Å². The Bertz CT molecular complexity index is 721. The first kappa shape index (κ1) is 28.9. The first-order valence-corrected chi connectivity index (χ1v) is 13.1. The van der Waals surface area contributed by atoms with E-state index in [-0.39, 0.29) is 11.9 Å². The minimum atomic E-state index is -0.269. The van der Waals surface area contributed by atoms with E-state index in [9.17, 15) is 9.59 Å². The van der Waals surface area contributed by atoms with Gasteiger partial charge in [-0.3, -0.25) is 9.59 Å². The fourth-order valence-corrected chi connectivity index (χ4v) is 3.88. The summed E-state index contributed by atoms with van der Waals surface area (Å²) in [4.78, 5) is 25.2. The Morgan fingerprint density at radius 1 is 0.848 bits per heavy atom. The maximum Gasteiger partial charge on any atom is 0.311 e. The van der Waals surface area contributed by atoms with Crippen molar-refractivity contribution in [2.24, 2.45) is 5.92 Å². The highest BCUT2D eigenvalue weighted by atomic mass is 16.6. The molecule has 186 valence electrons. The molecular weight excluding hydrogens is 412 g/mol. The number of carbonyl (C=O) groups is 2. The van der Waals surface area contributed by atoms with E-state index in [0.717, 1.165) is 56.1 Å². The zero-order chi connectivity index (χ0) is 24.5. The summed E-state index contributed by atoms with van der Waals surface area (Å²) in [7, 11) is 0. The molecule has 1 rings (SSSR count). The van der Waals surface area contributed by atoms with Crippen LogP contribution in [0.25, 0.3) is 0 Å². The van der Waals surface area contributed by atoms with Crippen LogP contribution in [0.15, 0.2) is 24.8 Å². The lowest BCUT2D eigenvalue weighted by atomic mass is 9.98. The van der Waals surface area contributed by atoms with E-state index < -0.39 is 0 Å². The molecule has 0 aliphatic carbocycles. The first-order chi connectivity index (χ1) is 15.9. The van der Waals surface area contributed by atoms with Crippen molar-refractivity contribution in [2.45, 2.75) is 118 Å². The van der Waals surface area contributed by atoms with Crippen molar-refractivity contribution < 1.29 is 19.1 Å². The maximum atomic E-state index is 12.6. The standard InChI is InChI=1S/C29H46O4/c1-6-9-11-13-15-18-27(30)32-26-22-24(17-8-3)21-25(20-23(4)5)29(26)33-28(31)19-16-14-12-10-7-2/h8,21-23H,3,6-7,9-20H2,1-2,4-5H3. The topological polar surface area (TPSA) is 52.6 Å².